The van der Waals surface area contributed by atoms with Crippen molar-refractivity contribution in [1.82, 2.24) is 19.9 Å². The zero-order valence-electron chi connectivity index (χ0n) is 22.0. The molecule has 4 aromatic rings. The fourth-order valence-electron chi connectivity index (χ4n) is 4.45. The molecule has 4 heterocycles. The number of pyridine rings is 1. The molecule has 8 nitrogen and oxygen atoms in total. The number of aliphatic imine (C=N–C) groups is 1. The number of hydrogen-bond acceptors (Lipinski definition) is 9. The third kappa shape index (κ3) is 5.57. The molecular weight excluding hydrogens is 542 g/mol. The van der Waals surface area contributed by atoms with Crippen LogP contribution >= 0.6 is 11.3 Å². The first-order chi connectivity index (χ1) is 18.4. The van der Waals surface area contributed by atoms with Gasteiger partial charge in [0.1, 0.15) is 5.69 Å². The van der Waals surface area contributed by atoms with E-state index < -0.39 is 16.3 Å². The number of nitrogens with one attached hydrogen (secondary N) is 1. The number of aryl methyl sites for hydroxylation is 4. The second-order valence-electron chi connectivity index (χ2n) is 9.49. The van der Waals surface area contributed by atoms with E-state index >= 15 is 0 Å². The fourth-order valence-corrected chi connectivity index (χ4v) is 6.15. The van der Waals surface area contributed by atoms with Crippen molar-refractivity contribution >= 4 is 43.9 Å². The molecule has 202 valence electrons. The predicted molar refractivity (Wildman–Crippen MR) is 149 cm³/mol. The Bertz CT molecular complexity index is 1750. The summed E-state index contributed by atoms with van der Waals surface area (Å²) in [6.07, 6.45) is 0.296. The normalized spacial score (nSPS) is 13.1. The molecular formula is C27H26F2N6O2S2. The monoisotopic (exact) mass is 568 g/mol. The van der Waals surface area contributed by atoms with Crippen molar-refractivity contribution in [1.29, 1.82) is 0 Å². The highest BCUT2D eigenvalue weighted by atomic mass is 32.2. The van der Waals surface area contributed by atoms with Crippen LogP contribution in [-0.2, 0) is 22.7 Å². The Labute approximate surface area is 229 Å². The first-order valence-corrected chi connectivity index (χ1v) is 14.8. The van der Waals surface area contributed by atoms with Gasteiger partial charge in [-0.3, -0.25) is 15.0 Å². The molecule has 0 saturated heterocycles. The van der Waals surface area contributed by atoms with Crippen molar-refractivity contribution in [3.63, 3.8) is 0 Å². The number of hydrogen-bond donors (Lipinski definition) is 1. The molecule has 0 bridgehead atoms. The molecule has 3 aromatic heterocycles. The smallest absolute Gasteiger partial charge is 0.277 e. The third-order valence-electron chi connectivity index (χ3n) is 6.41. The highest BCUT2D eigenvalue weighted by Gasteiger charge is 2.27. The highest BCUT2D eigenvalue weighted by molar-refractivity contribution is 7.90. The van der Waals surface area contributed by atoms with Crippen LogP contribution in [0.1, 0.15) is 38.4 Å². The van der Waals surface area contributed by atoms with Crippen molar-refractivity contribution in [3.8, 4) is 11.3 Å². The summed E-state index contributed by atoms with van der Waals surface area (Å²) >= 11 is 1.54. The largest absolute Gasteiger partial charge is 0.353 e. The molecule has 0 radical (unpaired) electrons. The lowest BCUT2D eigenvalue weighted by molar-refractivity contribution is 0.224. The van der Waals surface area contributed by atoms with Gasteiger partial charge in [0.25, 0.3) is 6.43 Å². The number of aromatic nitrogens is 4. The zero-order valence-corrected chi connectivity index (χ0v) is 23.6. The van der Waals surface area contributed by atoms with Gasteiger partial charge in [-0.25, -0.2) is 27.2 Å². The summed E-state index contributed by atoms with van der Waals surface area (Å²) in [7, 11) is -3.67. The van der Waals surface area contributed by atoms with Crippen molar-refractivity contribution in [3.05, 3.63) is 68.8 Å². The highest BCUT2D eigenvalue weighted by Crippen LogP contribution is 2.39. The lowest BCUT2D eigenvalue weighted by Crippen LogP contribution is -2.10. The second-order valence-corrected chi connectivity index (χ2v) is 12.9. The van der Waals surface area contributed by atoms with Gasteiger partial charge >= 0.3 is 0 Å². The molecule has 0 atom stereocenters. The Morgan fingerprint density at radius 1 is 1.00 bits per heavy atom. The van der Waals surface area contributed by atoms with E-state index in [2.05, 4.69) is 30.2 Å². The topological polar surface area (TPSA) is 110 Å². The van der Waals surface area contributed by atoms with Gasteiger partial charge in [-0.05, 0) is 45.9 Å². The number of nitrogens with zero attached hydrogens (tertiary/aromatic N) is 5. The van der Waals surface area contributed by atoms with Crippen molar-refractivity contribution in [2.45, 2.75) is 51.9 Å². The molecule has 0 unspecified atom stereocenters. The van der Waals surface area contributed by atoms with Crippen LogP contribution in [0, 0.1) is 27.7 Å². The molecule has 1 aliphatic rings. The summed E-state index contributed by atoms with van der Waals surface area (Å²) < 4.78 is 52.8. The summed E-state index contributed by atoms with van der Waals surface area (Å²) in [5.74, 6) is 0. The number of halogens is 2. The summed E-state index contributed by atoms with van der Waals surface area (Å²) in [4.78, 5) is 23.2. The molecule has 0 fully saturated rings. The molecule has 39 heavy (non-hydrogen) atoms. The Balaban J connectivity index is 1.59. The Morgan fingerprint density at radius 2 is 1.77 bits per heavy atom. The van der Waals surface area contributed by atoms with Gasteiger partial charge in [0.05, 0.1) is 55.5 Å². The molecule has 12 heteroatoms. The van der Waals surface area contributed by atoms with Crippen LogP contribution in [0.5, 0.6) is 0 Å². The Kier molecular flexibility index (Phi) is 7.02. The van der Waals surface area contributed by atoms with E-state index in [0.29, 0.717) is 40.4 Å². The Hall–Kier alpha value is -3.64. The summed E-state index contributed by atoms with van der Waals surface area (Å²) in [6, 6.07) is 6.73. The zero-order chi connectivity index (χ0) is 28.1. The van der Waals surface area contributed by atoms with E-state index in [9.17, 15) is 17.2 Å². The fraction of sp³-hybridized carbons (Fsp3) is 0.296. The minimum Gasteiger partial charge on any atom is -0.353 e. The van der Waals surface area contributed by atoms with E-state index in [1.54, 1.807) is 30.5 Å². The molecule has 1 aliphatic heterocycles. The van der Waals surface area contributed by atoms with E-state index in [4.69, 9.17) is 0 Å². The maximum atomic E-state index is 13.6. The molecule has 0 amide bonds. The standard InChI is InChI=1S/C27H26F2N6O2S2/c1-13-14(2)31-19(12-30-13)9-18-10-21(26-22(33-18)11-23(35-26)27(28)29)34-20-7-6-17(8-24(20)39(5,36)37)25-15(3)38-16(4)32-25/h6-8,10,12,27H,9,11H2,1-5H3,(H,33,34). The van der Waals surface area contributed by atoms with Gasteiger partial charge < -0.3 is 5.32 Å². The number of anilines is 2. The maximum absolute atomic E-state index is 13.6. The van der Waals surface area contributed by atoms with Gasteiger partial charge in [0.2, 0.25) is 0 Å². The van der Waals surface area contributed by atoms with Crippen LogP contribution in [-0.4, -0.2) is 46.7 Å². The maximum Gasteiger partial charge on any atom is 0.277 e. The molecule has 0 saturated carbocycles. The molecule has 0 aliphatic carbocycles. The number of alkyl halides is 2. The van der Waals surface area contributed by atoms with Gasteiger partial charge in [-0.15, -0.1) is 11.3 Å². The van der Waals surface area contributed by atoms with Gasteiger partial charge in [0, 0.05) is 41.4 Å². The lowest BCUT2D eigenvalue weighted by Gasteiger charge is -2.16. The number of fused-ring (bicyclic) bond motifs is 1. The number of sulfone groups is 1. The summed E-state index contributed by atoms with van der Waals surface area (Å²) in [5, 5.41) is 4.04. The quantitative estimate of drug-likeness (QED) is 0.297. The molecule has 1 aromatic carbocycles. The Morgan fingerprint density at radius 3 is 2.41 bits per heavy atom. The first kappa shape index (κ1) is 26.9. The van der Waals surface area contributed by atoms with E-state index in [-0.39, 0.29) is 22.7 Å². The van der Waals surface area contributed by atoms with Crippen LogP contribution in [0.2, 0.25) is 0 Å². The first-order valence-electron chi connectivity index (χ1n) is 12.1. The predicted octanol–water partition coefficient (Wildman–Crippen LogP) is 5.86. The average molecular weight is 569 g/mol. The van der Waals surface area contributed by atoms with Crippen LogP contribution in [0.3, 0.4) is 0 Å². The van der Waals surface area contributed by atoms with E-state index in [1.165, 1.54) is 11.3 Å². The summed E-state index contributed by atoms with van der Waals surface area (Å²) in [5.41, 5.74) is 5.34. The second kappa shape index (κ2) is 10.2. The number of rotatable bonds is 7. The van der Waals surface area contributed by atoms with Gasteiger partial charge in [-0.2, -0.15) is 0 Å². The van der Waals surface area contributed by atoms with Crippen LogP contribution in [0.25, 0.3) is 11.3 Å². The van der Waals surface area contributed by atoms with Crippen molar-refractivity contribution in [2.24, 2.45) is 4.99 Å². The van der Waals surface area contributed by atoms with Crippen molar-refractivity contribution < 1.29 is 17.2 Å². The van der Waals surface area contributed by atoms with Crippen LogP contribution < -0.4 is 5.32 Å². The van der Waals surface area contributed by atoms with Crippen LogP contribution in [0.15, 0.2) is 40.4 Å². The van der Waals surface area contributed by atoms with Gasteiger partial charge in [0.15, 0.2) is 9.84 Å². The minimum absolute atomic E-state index is 0.0632. The lowest BCUT2D eigenvalue weighted by atomic mass is 10.1. The summed E-state index contributed by atoms with van der Waals surface area (Å²) in [6.45, 7) is 7.56. The average Bonchev–Trinajstić information content (AvgIpc) is 3.44. The molecule has 5 rings (SSSR count). The number of benzene rings is 1. The molecule has 1 N–H and O–H groups in total. The SMILES string of the molecule is Cc1nc(-c2ccc(Nc3cc(Cc4cnc(C)c(C)n4)nc4c3N=C(C(F)F)C4)c(S(C)(=O)=O)c2)c(C)s1. The third-order valence-corrected chi connectivity index (χ3v) is 8.43. The minimum atomic E-state index is -3.67. The van der Waals surface area contributed by atoms with E-state index in [0.717, 1.165) is 33.2 Å². The van der Waals surface area contributed by atoms with E-state index in [1.807, 2.05) is 27.7 Å². The van der Waals surface area contributed by atoms with Gasteiger partial charge in [-0.1, -0.05) is 6.07 Å². The van der Waals surface area contributed by atoms with Crippen LogP contribution in [0.4, 0.5) is 25.8 Å². The number of thiazole rings is 1. The molecule has 0 spiro atoms. The van der Waals surface area contributed by atoms with Crippen molar-refractivity contribution in [2.75, 3.05) is 11.6 Å².